The molecule has 16 heavy (non-hydrogen) atoms. The van der Waals surface area contributed by atoms with Gasteiger partial charge in [-0.2, -0.15) is 0 Å². The number of halogens is 1. The minimum atomic E-state index is -0.890. The fourth-order valence-electron chi connectivity index (χ4n) is 1.48. The molecule has 7 heteroatoms. The predicted molar refractivity (Wildman–Crippen MR) is 62.2 cm³/mol. The molecule has 86 valence electrons. The first kappa shape index (κ1) is 11.4. The zero-order valence-electron chi connectivity index (χ0n) is 8.53. The van der Waals surface area contributed by atoms with Crippen molar-refractivity contribution in [3.8, 4) is 0 Å². The van der Waals surface area contributed by atoms with Crippen LogP contribution < -0.4 is 5.32 Å². The maximum absolute atomic E-state index is 10.4. The number of imidazole rings is 1. The summed E-state index contributed by atoms with van der Waals surface area (Å²) in [5.41, 5.74) is 1.85. The van der Waals surface area contributed by atoms with Crippen LogP contribution in [0.4, 0.5) is 0 Å². The lowest BCUT2D eigenvalue weighted by Gasteiger charge is -2.02. The Kier molecular flexibility index (Phi) is 3.13. The van der Waals surface area contributed by atoms with Crippen molar-refractivity contribution in [2.75, 3.05) is 6.54 Å². The van der Waals surface area contributed by atoms with Crippen LogP contribution in [0.2, 0.25) is 5.15 Å². The maximum atomic E-state index is 10.4. The molecule has 0 atom stereocenters. The minimum Gasteiger partial charge on any atom is -0.480 e. The number of hydrogen-bond acceptors (Lipinski definition) is 4. The van der Waals surface area contributed by atoms with Gasteiger partial charge in [0.1, 0.15) is 0 Å². The van der Waals surface area contributed by atoms with Crippen molar-refractivity contribution in [1.29, 1.82) is 0 Å². The maximum Gasteiger partial charge on any atom is 0.317 e. The molecular formula is C9H10ClN3O2S. The number of aliphatic carboxylic acids is 1. The second kappa shape index (κ2) is 4.40. The topological polar surface area (TPSA) is 66.6 Å². The Morgan fingerprint density at radius 2 is 2.50 bits per heavy atom. The second-order valence-electron chi connectivity index (χ2n) is 3.34. The van der Waals surface area contributed by atoms with Gasteiger partial charge < -0.3 is 10.4 Å². The van der Waals surface area contributed by atoms with Gasteiger partial charge in [-0.3, -0.25) is 9.20 Å². The molecule has 2 rings (SSSR count). The standard InChI is InChI=1S/C9H10ClN3O2S/c1-5-4-16-9-12-8(10)6(13(5)9)2-11-3-7(14)15/h4,11H,2-3H2,1H3,(H,14,15). The molecule has 0 aliphatic carbocycles. The van der Waals surface area contributed by atoms with E-state index in [4.69, 9.17) is 16.7 Å². The van der Waals surface area contributed by atoms with E-state index >= 15 is 0 Å². The number of nitrogens with zero attached hydrogens (tertiary/aromatic N) is 2. The Morgan fingerprint density at radius 3 is 3.19 bits per heavy atom. The van der Waals surface area contributed by atoms with Gasteiger partial charge in [-0.05, 0) is 6.92 Å². The van der Waals surface area contributed by atoms with Gasteiger partial charge in [-0.25, -0.2) is 4.98 Å². The number of carboxylic acid groups (broad SMARTS) is 1. The highest BCUT2D eigenvalue weighted by atomic mass is 35.5. The van der Waals surface area contributed by atoms with Crippen LogP contribution >= 0.6 is 22.9 Å². The largest absolute Gasteiger partial charge is 0.480 e. The fraction of sp³-hybridized carbons (Fsp3) is 0.333. The number of aromatic nitrogens is 2. The second-order valence-corrected chi connectivity index (χ2v) is 4.54. The van der Waals surface area contributed by atoms with Gasteiger partial charge in [0.25, 0.3) is 0 Å². The number of aryl methyl sites for hydroxylation is 1. The predicted octanol–water partition coefficient (Wildman–Crippen LogP) is 1.53. The van der Waals surface area contributed by atoms with Crippen molar-refractivity contribution in [2.45, 2.75) is 13.5 Å². The Balaban J connectivity index is 2.24. The van der Waals surface area contributed by atoms with Crippen molar-refractivity contribution in [1.82, 2.24) is 14.7 Å². The van der Waals surface area contributed by atoms with E-state index in [-0.39, 0.29) is 6.54 Å². The zero-order valence-corrected chi connectivity index (χ0v) is 10.1. The molecule has 2 N–H and O–H groups in total. The van der Waals surface area contributed by atoms with Crippen LogP contribution in [0.1, 0.15) is 11.4 Å². The molecule has 0 aromatic carbocycles. The summed E-state index contributed by atoms with van der Waals surface area (Å²) in [4.78, 5) is 15.4. The molecule has 0 bridgehead atoms. The minimum absolute atomic E-state index is 0.0905. The van der Waals surface area contributed by atoms with Gasteiger partial charge in [0.15, 0.2) is 10.1 Å². The van der Waals surface area contributed by atoms with Crippen LogP contribution in [0, 0.1) is 6.92 Å². The van der Waals surface area contributed by atoms with Gasteiger partial charge in [0, 0.05) is 17.6 Å². The molecule has 0 saturated heterocycles. The molecule has 0 aliphatic heterocycles. The molecule has 5 nitrogen and oxygen atoms in total. The van der Waals surface area contributed by atoms with E-state index < -0.39 is 5.97 Å². The Morgan fingerprint density at radius 1 is 1.75 bits per heavy atom. The Bertz CT molecular complexity index is 534. The average Bonchev–Trinajstić information content (AvgIpc) is 2.69. The summed E-state index contributed by atoms with van der Waals surface area (Å²) in [7, 11) is 0. The smallest absolute Gasteiger partial charge is 0.317 e. The molecule has 0 fully saturated rings. The number of nitrogens with one attached hydrogen (secondary N) is 1. The highest BCUT2D eigenvalue weighted by molar-refractivity contribution is 7.15. The molecule has 0 saturated carbocycles. The number of hydrogen-bond donors (Lipinski definition) is 2. The van der Waals surface area contributed by atoms with Crippen LogP contribution in [-0.4, -0.2) is 27.0 Å². The molecule has 2 aromatic heterocycles. The van der Waals surface area contributed by atoms with Crippen molar-refractivity contribution in [3.05, 3.63) is 21.9 Å². The lowest BCUT2D eigenvalue weighted by molar-refractivity contribution is -0.135. The summed E-state index contributed by atoms with van der Waals surface area (Å²) in [5, 5.41) is 13.7. The van der Waals surface area contributed by atoms with Crippen LogP contribution in [0.5, 0.6) is 0 Å². The molecule has 0 radical (unpaired) electrons. The summed E-state index contributed by atoms with van der Waals surface area (Å²) in [6, 6.07) is 0. The van der Waals surface area contributed by atoms with Crippen LogP contribution in [0.3, 0.4) is 0 Å². The lowest BCUT2D eigenvalue weighted by atomic mass is 10.4. The van der Waals surface area contributed by atoms with Crippen molar-refractivity contribution in [2.24, 2.45) is 0 Å². The van der Waals surface area contributed by atoms with E-state index in [2.05, 4.69) is 10.3 Å². The summed E-state index contributed by atoms with van der Waals surface area (Å²) >= 11 is 7.50. The van der Waals surface area contributed by atoms with Gasteiger partial charge in [0.2, 0.25) is 0 Å². The normalized spacial score (nSPS) is 11.1. The van der Waals surface area contributed by atoms with Crippen LogP contribution in [0.25, 0.3) is 4.96 Å². The highest BCUT2D eigenvalue weighted by Crippen LogP contribution is 2.23. The van der Waals surface area contributed by atoms with Crippen molar-refractivity contribution >= 4 is 33.9 Å². The van der Waals surface area contributed by atoms with Gasteiger partial charge in [-0.1, -0.05) is 11.6 Å². The molecule has 0 aliphatic rings. The fourth-order valence-corrected chi connectivity index (χ4v) is 2.65. The third kappa shape index (κ3) is 2.04. The van der Waals surface area contributed by atoms with E-state index in [0.29, 0.717) is 11.7 Å². The first-order valence-electron chi connectivity index (χ1n) is 4.63. The summed E-state index contributed by atoms with van der Waals surface area (Å²) < 4.78 is 1.93. The quantitative estimate of drug-likeness (QED) is 0.874. The van der Waals surface area contributed by atoms with Gasteiger partial charge in [-0.15, -0.1) is 11.3 Å². The van der Waals surface area contributed by atoms with Crippen LogP contribution in [0.15, 0.2) is 5.38 Å². The first-order chi connectivity index (χ1) is 7.59. The summed E-state index contributed by atoms with van der Waals surface area (Å²) in [6.45, 7) is 2.26. The Hall–Kier alpha value is -1.11. The van der Waals surface area contributed by atoms with E-state index in [0.717, 1.165) is 16.3 Å². The number of carboxylic acids is 1. The third-order valence-corrected chi connectivity index (χ3v) is 3.40. The number of thiazole rings is 1. The third-order valence-electron chi connectivity index (χ3n) is 2.15. The number of fused-ring (bicyclic) bond motifs is 1. The molecule has 0 amide bonds. The number of carbonyl (C=O) groups is 1. The zero-order chi connectivity index (χ0) is 11.7. The van der Waals surface area contributed by atoms with Crippen LogP contribution in [-0.2, 0) is 11.3 Å². The van der Waals surface area contributed by atoms with E-state index in [1.54, 1.807) is 0 Å². The van der Waals surface area contributed by atoms with E-state index in [1.807, 2.05) is 16.7 Å². The lowest BCUT2D eigenvalue weighted by Crippen LogP contribution is -2.22. The molecule has 0 spiro atoms. The molecule has 0 unspecified atom stereocenters. The summed E-state index contributed by atoms with van der Waals surface area (Å²) in [6.07, 6.45) is 0. The molecular weight excluding hydrogens is 250 g/mol. The molecule has 2 aromatic rings. The monoisotopic (exact) mass is 259 g/mol. The Labute approximate surface area is 101 Å². The SMILES string of the molecule is Cc1csc2nc(Cl)c(CNCC(=O)O)n12. The highest BCUT2D eigenvalue weighted by Gasteiger charge is 2.13. The first-order valence-corrected chi connectivity index (χ1v) is 5.89. The number of rotatable bonds is 4. The summed E-state index contributed by atoms with van der Waals surface area (Å²) in [5.74, 6) is -0.890. The van der Waals surface area contributed by atoms with Crippen molar-refractivity contribution in [3.63, 3.8) is 0 Å². The van der Waals surface area contributed by atoms with Gasteiger partial charge >= 0.3 is 5.97 Å². The van der Waals surface area contributed by atoms with E-state index in [9.17, 15) is 4.79 Å². The van der Waals surface area contributed by atoms with Crippen molar-refractivity contribution < 1.29 is 9.90 Å². The molecule has 2 heterocycles. The van der Waals surface area contributed by atoms with E-state index in [1.165, 1.54) is 11.3 Å². The van der Waals surface area contributed by atoms with Gasteiger partial charge in [0.05, 0.1) is 12.2 Å². The average molecular weight is 260 g/mol.